The number of para-hydroxylation sites is 2. The lowest BCUT2D eigenvalue weighted by molar-refractivity contribution is -0.118. The van der Waals surface area contributed by atoms with Gasteiger partial charge >= 0.3 is 5.69 Å². The van der Waals surface area contributed by atoms with Crippen LogP contribution in [0, 0.1) is 6.92 Å². The molecule has 172 valence electrons. The highest BCUT2D eigenvalue weighted by Gasteiger charge is 2.12. The summed E-state index contributed by atoms with van der Waals surface area (Å²) in [6.45, 7) is 1.64. The maximum absolute atomic E-state index is 12.6. The number of carbonyl (C=O) groups excluding carboxylic acids is 1. The Morgan fingerprint density at radius 1 is 1.18 bits per heavy atom. The fraction of sp³-hybridized carbons (Fsp3) is 0.0833. The Balaban J connectivity index is 1.51. The van der Waals surface area contributed by atoms with Gasteiger partial charge in [0.1, 0.15) is 0 Å². The van der Waals surface area contributed by atoms with Gasteiger partial charge in [0.05, 0.1) is 26.6 Å². The van der Waals surface area contributed by atoms with E-state index in [2.05, 4.69) is 31.3 Å². The molecule has 1 aromatic heterocycles. The van der Waals surface area contributed by atoms with E-state index in [1.54, 1.807) is 42.5 Å². The second-order valence-electron chi connectivity index (χ2n) is 7.30. The molecule has 0 aliphatic rings. The third-order valence-corrected chi connectivity index (χ3v) is 5.76. The van der Waals surface area contributed by atoms with Gasteiger partial charge in [0, 0.05) is 5.69 Å². The number of carbonyl (C=O) groups is 1. The molecule has 0 spiro atoms. The molecule has 0 atom stereocenters. The first-order chi connectivity index (χ1) is 16.3. The zero-order chi connectivity index (χ0) is 24.2. The second kappa shape index (κ2) is 10.1. The van der Waals surface area contributed by atoms with E-state index in [1.807, 2.05) is 25.1 Å². The minimum Gasteiger partial charge on any atom is -0.481 e. The zero-order valence-electron chi connectivity index (χ0n) is 17.8. The van der Waals surface area contributed by atoms with Crippen molar-refractivity contribution in [2.75, 3.05) is 11.9 Å². The quantitative estimate of drug-likeness (QED) is 0.355. The van der Waals surface area contributed by atoms with Crippen molar-refractivity contribution in [2.24, 2.45) is 5.10 Å². The molecule has 34 heavy (non-hydrogen) atoms. The topological polar surface area (TPSA) is 106 Å². The molecular weight excluding hydrogens is 524 g/mol. The van der Waals surface area contributed by atoms with Gasteiger partial charge in [-0.25, -0.2) is 4.79 Å². The number of hydrogen-bond donors (Lipinski definition) is 2. The fourth-order valence-electron chi connectivity index (χ4n) is 3.21. The van der Waals surface area contributed by atoms with Crippen LogP contribution in [0.1, 0.15) is 11.1 Å². The van der Waals surface area contributed by atoms with Crippen molar-refractivity contribution in [3.8, 4) is 5.75 Å². The molecule has 4 rings (SSSR count). The molecule has 0 unspecified atom stereocenters. The van der Waals surface area contributed by atoms with Crippen molar-refractivity contribution in [1.29, 1.82) is 0 Å². The van der Waals surface area contributed by atoms with Gasteiger partial charge in [0.25, 0.3) is 11.5 Å². The van der Waals surface area contributed by atoms with E-state index >= 15 is 0 Å². The molecule has 1 amide bonds. The zero-order valence-corrected chi connectivity index (χ0v) is 20.2. The number of ether oxygens (including phenoxy) is 1. The van der Waals surface area contributed by atoms with Crippen LogP contribution in [-0.4, -0.2) is 28.4 Å². The van der Waals surface area contributed by atoms with Crippen molar-refractivity contribution in [3.05, 3.63) is 102 Å². The normalized spacial score (nSPS) is 11.1. The monoisotopic (exact) mass is 540 g/mol. The van der Waals surface area contributed by atoms with Crippen LogP contribution in [0.4, 0.5) is 5.69 Å². The first kappa shape index (κ1) is 23.5. The van der Waals surface area contributed by atoms with Gasteiger partial charge in [-0.3, -0.25) is 9.59 Å². The summed E-state index contributed by atoms with van der Waals surface area (Å²) in [7, 11) is 0. The Bertz CT molecular complexity index is 1520. The smallest absolute Gasteiger partial charge is 0.349 e. The van der Waals surface area contributed by atoms with E-state index in [4.69, 9.17) is 16.3 Å². The summed E-state index contributed by atoms with van der Waals surface area (Å²) in [6.07, 6.45) is 1.33. The molecule has 0 saturated carbocycles. The molecule has 2 N–H and O–H groups in total. The standard InChI is InChI=1S/C24H18BrClN4O4/c1-14-6-2-4-8-19(14)28-21(31)13-34-22-17(25)10-15(11-18(22)26)12-27-30-23(32)16-7-3-5-9-20(16)29-24(30)33/h2-12H,13H2,1H3,(H,28,31)(H,29,33). The summed E-state index contributed by atoms with van der Waals surface area (Å²) in [6, 6.07) is 17.3. The third-order valence-electron chi connectivity index (χ3n) is 4.89. The molecule has 0 fully saturated rings. The van der Waals surface area contributed by atoms with Crippen LogP contribution in [-0.2, 0) is 4.79 Å². The highest BCUT2D eigenvalue weighted by atomic mass is 79.9. The average Bonchev–Trinajstić information content (AvgIpc) is 2.80. The number of aromatic nitrogens is 2. The van der Waals surface area contributed by atoms with E-state index in [-0.39, 0.29) is 23.3 Å². The predicted octanol–water partition coefficient (Wildman–Crippen LogP) is 4.31. The number of fused-ring (bicyclic) bond motifs is 1. The number of nitrogens with zero attached hydrogens (tertiary/aromatic N) is 2. The van der Waals surface area contributed by atoms with Crippen LogP contribution in [0.2, 0.25) is 5.02 Å². The Hall–Kier alpha value is -3.69. The Labute approximate surface area is 207 Å². The minimum atomic E-state index is -0.662. The number of aryl methyl sites for hydroxylation is 1. The average molecular weight is 542 g/mol. The summed E-state index contributed by atoms with van der Waals surface area (Å²) in [5.41, 5.74) is 1.37. The van der Waals surface area contributed by atoms with Crippen LogP contribution < -0.4 is 21.3 Å². The first-order valence-electron chi connectivity index (χ1n) is 10.1. The van der Waals surface area contributed by atoms with E-state index in [0.29, 0.717) is 26.6 Å². The van der Waals surface area contributed by atoms with Gasteiger partial charge in [-0.15, -0.1) is 4.68 Å². The minimum absolute atomic E-state index is 0.222. The van der Waals surface area contributed by atoms with Crippen LogP contribution in [0.15, 0.2) is 79.8 Å². The van der Waals surface area contributed by atoms with E-state index in [1.165, 1.54) is 6.21 Å². The summed E-state index contributed by atoms with van der Waals surface area (Å²) < 4.78 is 6.82. The van der Waals surface area contributed by atoms with E-state index < -0.39 is 11.2 Å². The number of nitrogens with one attached hydrogen (secondary N) is 2. The molecule has 0 radical (unpaired) electrons. The number of H-pyrrole nitrogens is 1. The van der Waals surface area contributed by atoms with Crippen LogP contribution in [0.25, 0.3) is 10.9 Å². The lowest BCUT2D eigenvalue weighted by Gasteiger charge is -2.12. The summed E-state index contributed by atoms with van der Waals surface area (Å²) in [4.78, 5) is 39.7. The van der Waals surface area contributed by atoms with Crippen molar-refractivity contribution < 1.29 is 9.53 Å². The van der Waals surface area contributed by atoms with Gasteiger partial charge in [-0.1, -0.05) is 41.9 Å². The molecule has 0 bridgehead atoms. The van der Waals surface area contributed by atoms with Crippen LogP contribution in [0.5, 0.6) is 5.75 Å². The molecule has 0 saturated heterocycles. The highest BCUT2D eigenvalue weighted by Crippen LogP contribution is 2.34. The van der Waals surface area contributed by atoms with Crippen molar-refractivity contribution in [3.63, 3.8) is 0 Å². The first-order valence-corrected chi connectivity index (χ1v) is 11.3. The Kier molecular flexibility index (Phi) is 6.95. The predicted molar refractivity (Wildman–Crippen MR) is 136 cm³/mol. The molecule has 0 aliphatic carbocycles. The maximum Gasteiger partial charge on any atom is 0.349 e. The number of benzene rings is 3. The lowest BCUT2D eigenvalue weighted by Crippen LogP contribution is -2.32. The second-order valence-corrected chi connectivity index (χ2v) is 8.56. The van der Waals surface area contributed by atoms with Crippen molar-refractivity contribution in [1.82, 2.24) is 9.66 Å². The number of amides is 1. The van der Waals surface area contributed by atoms with Crippen LogP contribution in [0.3, 0.4) is 0 Å². The Morgan fingerprint density at radius 3 is 2.68 bits per heavy atom. The summed E-state index contributed by atoms with van der Waals surface area (Å²) >= 11 is 9.72. The molecular formula is C24H18BrClN4O4. The molecule has 1 heterocycles. The number of halogens is 2. The highest BCUT2D eigenvalue weighted by molar-refractivity contribution is 9.10. The molecule has 4 aromatic rings. The summed E-state index contributed by atoms with van der Waals surface area (Å²) in [5.74, 6) is -0.0581. The number of anilines is 1. The largest absolute Gasteiger partial charge is 0.481 e. The lowest BCUT2D eigenvalue weighted by atomic mass is 10.2. The van der Waals surface area contributed by atoms with Gasteiger partial charge in [-0.05, 0) is 64.3 Å². The third kappa shape index (κ3) is 5.11. The molecule has 8 nitrogen and oxygen atoms in total. The molecule has 0 aliphatic heterocycles. The SMILES string of the molecule is Cc1ccccc1NC(=O)COc1c(Cl)cc(C=Nn2c(=O)[nH]c3ccccc3c2=O)cc1Br. The van der Waals surface area contributed by atoms with Crippen LogP contribution >= 0.6 is 27.5 Å². The number of aromatic amines is 1. The van der Waals surface area contributed by atoms with E-state index in [9.17, 15) is 14.4 Å². The number of rotatable bonds is 6. The van der Waals surface area contributed by atoms with E-state index in [0.717, 1.165) is 10.2 Å². The summed E-state index contributed by atoms with van der Waals surface area (Å²) in [5, 5.41) is 7.36. The van der Waals surface area contributed by atoms with Crippen molar-refractivity contribution >= 4 is 56.2 Å². The van der Waals surface area contributed by atoms with Gasteiger partial charge in [-0.2, -0.15) is 5.10 Å². The Morgan fingerprint density at radius 2 is 1.91 bits per heavy atom. The van der Waals surface area contributed by atoms with Gasteiger partial charge < -0.3 is 15.0 Å². The van der Waals surface area contributed by atoms with Crippen molar-refractivity contribution in [2.45, 2.75) is 6.92 Å². The van der Waals surface area contributed by atoms with Gasteiger partial charge in [0.2, 0.25) is 0 Å². The number of hydrogen-bond acceptors (Lipinski definition) is 5. The maximum atomic E-state index is 12.6. The van der Waals surface area contributed by atoms with Gasteiger partial charge in [0.15, 0.2) is 12.4 Å². The molecule has 10 heteroatoms. The molecule has 3 aromatic carbocycles. The fourth-order valence-corrected chi connectivity index (χ4v) is 4.20.